The lowest BCUT2D eigenvalue weighted by Gasteiger charge is -2.17. The standard InChI is InChI=1S/C17H18ClNO6S/c1-4-9(2)25-15-11(18)5-10(6-12(15)24-3)7-13-16(22)19(8-14(20)21)17(23)26-13/h5-7,9H,4,8H2,1-3H3,(H,20,21)/b13-7+/t9-/m1/s1. The minimum absolute atomic E-state index is 0.0558. The van der Waals surface area contributed by atoms with Crippen LogP contribution in [0.4, 0.5) is 4.79 Å². The summed E-state index contributed by atoms with van der Waals surface area (Å²) in [5.74, 6) is -1.12. The van der Waals surface area contributed by atoms with Gasteiger partial charge in [0.1, 0.15) is 6.54 Å². The van der Waals surface area contributed by atoms with Crippen molar-refractivity contribution in [1.29, 1.82) is 0 Å². The summed E-state index contributed by atoms with van der Waals surface area (Å²) in [6.07, 6.45) is 2.20. The van der Waals surface area contributed by atoms with E-state index in [-0.39, 0.29) is 11.0 Å². The van der Waals surface area contributed by atoms with Crippen LogP contribution in [-0.4, -0.2) is 46.9 Å². The summed E-state index contributed by atoms with van der Waals surface area (Å²) < 4.78 is 11.1. The summed E-state index contributed by atoms with van der Waals surface area (Å²) in [5, 5.41) is 8.47. The van der Waals surface area contributed by atoms with E-state index in [9.17, 15) is 14.4 Å². The number of carbonyl (C=O) groups excluding carboxylic acids is 2. The van der Waals surface area contributed by atoms with Gasteiger partial charge < -0.3 is 14.6 Å². The highest BCUT2D eigenvalue weighted by Gasteiger charge is 2.36. The van der Waals surface area contributed by atoms with Crippen LogP contribution in [0.2, 0.25) is 5.02 Å². The van der Waals surface area contributed by atoms with Crippen LogP contribution in [0.1, 0.15) is 25.8 Å². The average Bonchev–Trinajstić information content (AvgIpc) is 2.83. The van der Waals surface area contributed by atoms with Crippen LogP contribution < -0.4 is 9.47 Å². The van der Waals surface area contributed by atoms with Gasteiger partial charge in [0.25, 0.3) is 11.1 Å². The Bertz CT molecular complexity index is 779. The highest BCUT2D eigenvalue weighted by molar-refractivity contribution is 8.18. The van der Waals surface area contributed by atoms with E-state index in [0.717, 1.165) is 6.42 Å². The maximum atomic E-state index is 12.2. The van der Waals surface area contributed by atoms with E-state index in [0.29, 0.717) is 38.7 Å². The highest BCUT2D eigenvalue weighted by atomic mass is 35.5. The first-order valence-corrected chi connectivity index (χ1v) is 8.97. The number of carboxylic acid groups (broad SMARTS) is 1. The minimum atomic E-state index is -1.26. The van der Waals surface area contributed by atoms with Gasteiger partial charge in [-0.05, 0) is 48.9 Å². The molecule has 0 aromatic heterocycles. The molecule has 1 aliphatic heterocycles. The molecule has 0 saturated carbocycles. The number of imide groups is 1. The van der Waals surface area contributed by atoms with E-state index in [4.69, 9.17) is 26.2 Å². The Hall–Kier alpha value is -2.19. The maximum absolute atomic E-state index is 12.2. The molecule has 0 radical (unpaired) electrons. The first kappa shape index (κ1) is 20.1. The van der Waals surface area contributed by atoms with Crippen LogP contribution in [-0.2, 0) is 9.59 Å². The van der Waals surface area contributed by atoms with Crippen LogP contribution in [0.15, 0.2) is 17.0 Å². The third-order valence-corrected chi connectivity index (χ3v) is 4.80. The van der Waals surface area contributed by atoms with Crippen LogP contribution >= 0.6 is 23.4 Å². The number of nitrogens with zero attached hydrogens (tertiary/aromatic N) is 1. The molecular formula is C17H18ClNO6S. The van der Waals surface area contributed by atoms with E-state index < -0.39 is 23.7 Å². The second-order valence-corrected chi connectivity index (χ2v) is 6.93. The fourth-order valence-corrected chi connectivity index (χ4v) is 3.25. The van der Waals surface area contributed by atoms with Crippen LogP contribution in [0.25, 0.3) is 6.08 Å². The van der Waals surface area contributed by atoms with Gasteiger partial charge in [0.05, 0.1) is 23.1 Å². The smallest absolute Gasteiger partial charge is 0.323 e. The van der Waals surface area contributed by atoms with E-state index in [1.807, 2.05) is 13.8 Å². The number of halogens is 1. The number of carbonyl (C=O) groups is 3. The lowest BCUT2D eigenvalue weighted by Crippen LogP contribution is -2.33. The van der Waals surface area contributed by atoms with Crippen molar-refractivity contribution in [2.45, 2.75) is 26.4 Å². The monoisotopic (exact) mass is 399 g/mol. The van der Waals surface area contributed by atoms with Crippen LogP contribution in [0.3, 0.4) is 0 Å². The molecule has 2 rings (SSSR count). The minimum Gasteiger partial charge on any atom is -0.493 e. The molecule has 140 valence electrons. The van der Waals surface area contributed by atoms with Gasteiger partial charge in [-0.3, -0.25) is 19.3 Å². The lowest BCUT2D eigenvalue weighted by molar-refractivity contribution is -0.140. The van der Waals surface area contributed by atoms with Gasteiger partial charge in [-0.15, -0.1) is 0 Å². The molecule has 1 aliphatic rings. The number of thioether (sulfide) groups is 1. The Morgan fingerprint density at radius 1 is 1.42 bits per heavy atom. The molecule has 0 bridgehead atoms. The number of carboxylic acids is 1. The van der Waals surface area contributed by atoms with Crippen molar-refractivity contribution < 1.29 is 29.0 Å². The molecular weight excluding hydrogens is 382 g/mol. The van der Waals surface area contributed by atoms with Crippen LogP contribution in [0.5, 0.6) is 11.5 Å². The molecule has 9 heteroatoms. The Balaban J connectivity index is 2.33. The molecule has 1 heterocycles. The molecule has 26 heavy (non-hydrogen) atoms. The number of methoxy groups -OCH3 is 1. The van der Waals surface area contributed by atoms with Crippen molar-refractivity contribution in [2.75, 3.05) is 13.7 Å². The van der Waals surface area contributed by atoms with Crippen molar-refractivity contribution in [3.63, 3.8) is 0 Å². The number of benzene rings is 1. The predicted molar refractivity (Wildman–Crippen MR) is 98.7 cm³/mol. The van der Waals surface area contributed by atoms with Gasteiger partial charge in [0.15, 0.2) is 11.5 Å². The van der Waals surface area contributed by atoms with Gasteiger partial charge in [-0.2, -0.15) is 0 Å². The van der Waals surface area contributed by atoms with E-state index in [2.05, 4.69) is 0 Å². The molecule has 0 spiro atoms. The SMILES string of the molecule is CC[C@@H](C)Oc1c(Cl)cc(/C=C2/SC(=O)N(CC(=O)O)C2=O)cc1OC. The fourth-order valence-electron chi connectivity index (χ4n) is 2.14. The number of hydrogen-bond donors (Lipinski definition) is 1. The third kappa shape index (κ3) is 4.50. The Labute approximate surface area is 159 Å². The van der Waals surface area contributed by atoms with Gasteiger partial charge in [-0.1, -0.05) is 18.5 Å². The highest BCUT2D eigenvalue weighted by Crippen LogP contribution is 2.39. The Kier molecular flexibility index (Phi) is 6.55. The van der Waals surface area contributed by atoms with E-state index in [1.54, 1.807) is 12.1 Å². The zero-order chi connectivity index (χ0) is 19.4. The van der Waals surface area contributed by atoms with Gasteiger partial charge in [0, 0.05) is 0 Å². The molecule has 7 nitrogen and oxygen atoms in total. The second kappa shape index (κ2) is 8.46. The molecule has 1 aromatic carbocycles. The van der Waals surface area contributed by atoms with Gasteiger partial charge in [0.2, 0.25) is 0 Å². The first-order chi connectivity index (χ1) is 12.3. The number of amides is 2. The molecule has 0 aliphatic carbocycles. The second-order valence-electron chi connectivity index (χ2n) is 5.53. The predicted octanol–water partition coefficient (Wildman–Crippen LogP) is 3.65. The summed E-state index contributed by atoms with van der Waals surface area (Å²) in [6.45, 7) is 3.21. The van der Waals surface area contributed by atoms with Crippen molar-refractivity contribution in [2.24, 2.45) is 0 Å². The summed E-state index contributed by atoms with van der Waals surface area (Å²) in [4.78, 5) is 35.6. The molecule has 1 fully saturated rings. The largest absolute Gasteiger partial charge is 0.493 e. The fraction of sp³-hybridized carbons (Fsp3) is 0.353. The molecule has 0 unspecified atom stereocenters. The Morgan fingerprint density at radius 3 is 2.69 bits per heavy atom. The number of aliphatic carboxylic acids is 1. The molecule has 1 aromatic rings. The van der Waals surface area contributed by atoms with Crippen molar-refractivity contribution in [3.8, 4) is 11.5 Å². The average molecular weight is 400 g/mol. The van der Waals surface area contributed by atoms with E-state index in [1.165, 1.54) is 13.2 Å². The maximum Gasteiger partial charge on any atom is 0.323 e. The quantitative estimate of drug-likeness (QED) is 0.699. The van der Waals surface area contributed by atoms with Crippen molar-refractivity contribution >= 4 is 46.6 Å². The van der Waals surface area contributed by atoms with Crippen molar-refractivity contribution in [1.82, 2.24) is 4.90 Å². The van der Waals surface area contributed by atoms with E-state index >= 15 is 0 Å². The topological polar surface area (TPSA) is 93.1 Å². The summed E-state index contributed by atoms with van der Waals surface area (Å²) in [6, 6.07) is 3.22. The summed E-state index contributed by atoms with van der Waals surface area (Å²) >= 11 is 6.96. The first-order valence-electron chi connectivity index (χ1n) is 7.78. The Morgan fingerprint density at radius 2 is 2.12 bits per heavy atom. The third-order valence-electron chi connectivity index (χ3n) is 3.61. The van der Waals surface area contributed by atoms with Crippen molar-refractivity contribution in [3.05, 3.63) is 27.6 Å². The number of rotatable bonds is 7. The molecule has 1 atom stereocenters. The zero-order valence-corrected chi connectivity index (χ0v) is 16.0. The molecule has 2 amide bonds. The van der Waals surface area contributed by atoms with Gasteiger partial charge >= 0.3 is 5.97 Å². The molecule has 1 N–H and O–H groups in total. The molecule has 1 saturated heterocycles. The summed E-state index contributed by atoms with van der Waals surface area (Å²) in [7, 11) is 1.47. The lowest BCUT2D eigenvalue weighted by atomic mass is 10.1. The van der Waals surface area contributed by atoms with Crippen LogP contribution in [0, 0.1) is 0 Å². The number of ether oxygens (including phenoxy) is 2. The number of hydrogen-bond acceptors (Lipinski definition) is 6. The normalized spacial score (nSPS) is 16.9. The summed E-state index contributed by atoms with van der Waals surface area (Å²) in [5.41, 5.74) is 0.532. The van der Waals surface area contributed by atoms with Gasteiger partial charge in [-0.25, -0.2) is 0 Å². The zero-order valence-electron chi connectivity index (χ0n) is 14.4.